The molecule has 3 aliphatic rings. The van der Waals surface area contributed by atoms with Gasteiger partial charge in [-0.2, -0.15) is 0 Å². The van der Waals surface area contributed by atoms with Gasteiger partial charge in [-0.1, -0.05) is 127 Å². The summed E-state index contributed by atoms with van der Waals surface area (Å²) in [5.41, 5.74) is 13.9. The zero-order valence-electron chi connectivity index (χ0n) is 22.7. The lowest BCUT2D eigenvalue weighted by atomic mass is 9.71. The van der Waals surface area contributed by atoms with Crippen LogP contribution in [0.3, 0.4) is 0 Å². The smallest absolute Gasteiger partial charge is 0.0206 e. The Kier molecular flexibility index (Phi) is 4.89. The summed E-state index contributed by atoms with van der Waals surface area (Å²) in [4.78, 5) is 0. The van der Waals surface area contributed by atoms with Crippen LogP contribution in [0, 0.1) is 5.92 Å². The second-order valence-corrected chi connectivity index (χ2v) is 11.6. The lowest BCUT2D eigenvalue weighted by Gasteiger charge is -2.32. The molecule has 2 atom stereocenters. The lowest BCUT2D eigenvalue weighted by Crippen LogP contribution is -2.17. The van der Waals surface area contributed by atoms with Gasteiger partial charge in [0.1, 0.15) is 0 Å². The van der Waals surface area contributed by atoms with Gasteiger partial charge in [0.2, 0.25) is 0 Å². The monoisotopic (exact) mass is 520 g/mol. The highest BCUT2D eigenvalue weighted by molar-refractivity contribution is 6.11. The van der Waals surface area contributed by atoms with E-state index in [-0.39, 0.29) is 0 Å². The summed E-state index contributed by atoms with van der Waals surface area (Å²) in [5, 5.41) is 5.37. The maximum atomic E-state index is 2.51. The van der Waals surface area contributed by atoms with Gasteiger partial charge < -0.3 is 0 Å². The van der Waals surface area contributed by atoms with Gasteiger partial charge >= 0.3 is 0 Å². The first-order valence-corrected chi connectivity index (χ1v) is 14.6. The molecule has 2 unspecified atom stereocenters. The van der Waals surface area contributed by atoms with E-state index in [1.165, 1.54) is 77.2 Å². The molecule has 9 rings (SSSR count). The third-order valence-electron chi connectivity index (χ3n) is 9.48. The van der Waals surface area contributed by atoms with Crippen LogP contribution in [0.25, 0.3) is 49.9 Å². The highest BCUT2D eigenvalue weighted by Crippen LogP contribution is 2.58. The van der Waals surface area contributed by atoms with Gasteiger partial charge in [0, 0.05) is 11.8 Å². The molecule has 0 saturated carbocycles. The van der Waals surface area contributed by atoms with Crippen molar-refractivity contribution in [3.63, 3.8) is 0 Å². The fourth-order valence-corrected chi connectivity index (χ4v) is 7.61. The van der Waals surface area contributed by atoms with Crippen molar-refractivity contribution in [3.05, 3.63) is 173 Å². The molecule has 6 aromatic rings. The molecule has 0 aromatic heterocycles. The lowest BCUT2D eigenvalue weighted by molar-refractivity contribution is 0.740. The average molecular weight is 521 g/mol. The van der Waals surface area contributed by atoms with Gasteiger partial charge in [-0.05, 0) is 102 Å². The summed E-state index contributed by atoms with van der Waals surface area (Å²) in [7, 11) is 0. The van der Waals surface area contributed by atoms with Gasteiger partial charge in [0.05, 0.1) is 0 Å². The summed E-state index contributed by atoms with van der Waals surface area (Å²) >= 11 is 0. The molecule has 0 spiro atoms. The Morgan fingerprint density at radius 1 is 0.561 bits per heavy atom. The fourth-order valence-electron chi connectivity index (χ4n) is 7.61. The third kappa shape index (κ3) is 3.41. The van der Waals surface area contributed by atoms with Crippen LogP contribution < -0.4 is 0 Å². The SMILES string of the molecule is C1=CC2c3ccc4ccccc4c3C=C3c4cc5c(-c6ccccc6)ccc(Cc6ccccc6)c5cc4C(=C1)C32. The molecule has 0 N–H and O–H groups in total. The molecule has 0 aliphatic heterocycles. The molecule has 0 saturated heterocycles. The molecule has 0 nitrogen and oxygen atoms in total. The van der Waals surface area contributed by atoms with Crippen LogP contribution in [0.2, 0.25) is 0 Å². The van der Waals surface area contributed by atoms with Crippen LogP contribution in [0.5, 0.6) is 0 Å². The molecule has 0 radical (unpaired) electrons. The summed E-state index contributed by atoms with van der Waals surface area (Å²) in [6.07, 6.45) is 10.5. The Bertz CT molecular complexity index is 2110. The van der Waals surface area contributed by atoms with E-state index in [0.717, 1.165) is 6.42 Å². The zero-order chi connectivity index (χ0) is 26.9. The van der Waals surface area contributed by atoms with E-state index >= 15 is 0 Å². The standard InChI is InChI=1S/C41H28/c1-3-10-26(11-4-1)22-29-19-20-31(27-12-5-2-6-13-27)37-24-39-38(23-35(29)37)34-17-9-16-33-32-21-18-28-14-7-8-15-30(28)36(32)25-40(39)41(33)34/h1-21,23-25,33,41H,22H2. The molecule has 0 fully saturated rings. The molecular formula is C41H28. The van der Waals surface area contributed by atoms with Gasteiger partial charge in [-0.25, -0.2) is 0 Å². The second kappa shape index (κ2) is 8.78. The van der Waals surface area contributed by atoms with Crippen LogP contribution in [-0.2, 0) is 6.42 Å². The molecule has 0 amide bonds. The molecule has 192 valence electrons. The third-order valence-corrected chi connectivity index (χ3v) is 9.48. The maximum absolute atomic E-state index is 2.51. The van der Waals surface area contributed by atoms with E-state index in [2.05, 4.69) is 146 Å². The number of fused-ring (bicyclic) bond motifs is 8. The van der Waals surface area contributed by atoms with Crippen molar-refractivity contribution in [2.75, 3.05) is 0 Å². The first-order valence-electron chi connectivity index (χ1n) is 14.6. The van der Waals surface area contributed by atoms with Gasteiger partial charge in [-0.3, -0.25) is 0 Å². The van der Waals surface area contributed by atoms with Crippen molar-refractivity contribution in [2.45, 2.75) is 12.3 Å². The van der Waals surface area contributed by atoms with Crippen molar-refractivity contribution >= 4 is 38.8 Å². The summed E-state index contributed by atoms with van der Waals surface area (Å²) in [5.74, 6) is 0.737. The van der Waals surface area contributed by atoms with Crippen molar-refractivity contribution in [1.82, 2.24) is 0 Å². The van der Waals surface area contributed by atoms with E-state index in [9.17, 15) is 0 Å². The minimum absolute atomic E-state index is 0.363. The van der Waals surface area contributed by atoms with E-state index < -0.39 is 0 Å². The Morgan fingerprint density at radius 3 is 2.20 bits per heavy atom. The first kappa shape index (κ1) is 22.8. The van der Waals surface area contributed by atoms with E-state index in [4.69, 9.17) is 0 Å². The van der Waals surface area contributed by atoms with Crippen molar-refractivity contribution in [2.24, 2.45) is 5.92 Å². The highest BCUT2D eigenvalue weighted by Gasteiger charge is 2.41. The van der Waals surface area contributed by atoms with Crippen LogP contribution in [-0.4, -0.2) is 0 Å². The molecule has 0 bridgehead atoms. The van der Waals surface area contributed by atoms with Crippen LogP contribution in [0.4, 0.5) is 0 Å². The zero-order valence-corrected chi connectivity index (χ0v) is 22.7. The quantitative estimate of drug-likeness (QED) is 0.218. The van der Waals surface area contributed by atoms with Crippen LogP contribution in [0.1, 0.15) is 39.3 Å². The van der Waals surface area contributed by atoms with Crippen molar-refractivity contribution < 1.29 is 0 Å². The molecule has 3 aliphatic carbocycles. The Hall–Kier alpha value is -4.94. The maximum Gasteiger partial charge on any atom is 0.0206 e. The molecule has 6 aromatic carbocycles. The number of rotatable bonds is 3. The fraction of sp³-hybridized carbons (Fsp3) is 0.0732. The normalized spacial score (nSPS) is 18.0. The first-order chi connectivity index (χ1) is 20.3. The van der Waals surface area contributed by atoms with Gasteiger partial charge in [0.25, 0.3) is 0 Å². The highest BCUT2D eigenvalue weighted by atomic mass is 14.4. The van der Waals surface area contributed by atoms with Crippen molar-refractivity contribution in [1.29, 1.82) is 0 Å². The van der Waals surface area contributed by atoms with Crippen LogP contribution in [0.15, 0.2) is 140 Å². The molecule has 41 heavy (non-hydrogen) atoms. The molecular weight excluding hydrogens is 492 g/mol. The van der Waals surface area contributed by atoms with E-state index in [1.807, 2.05) is 0 Å². The summed E-state index contributed by atoms with van der Waals surface area (Å²) in [6.45, 7) is 0. The number of allylic oxidation sites excluding steroid dienone is 5. The van der Waals surface area contributed by atoms with E-state index in [0.29, 0.717) is 11.8 Å². The predicted molar refractivity (Wildman–Crippen MR) is 174 cm³/mol. The minimum atomic E-state index is 0.363. The Morgan fingerprint density at radius 2 is 1.32 bits per heavy atom. The average Bonchev–Trinajstić information content (AvgIpc) is 3.35. The number of hydrogen-bond donors (Lipinski definition) is 0. The van der Waals surface area contributed by atoms with Gasteiger partial charge in [-0.15, -0.1) is 0 Å². The van der Waals surface area contributed by atoms with Gasteiger partial charge in [0.15, 0.2) is 0 Å². The summed E-state index contributed by atoms with van der Waals surface area (Å²) in [6, 6.07) is 45.0. The molecule has 0 heterocycles. The number of hydrogen-bond acceptors (Lipinski definition) is 0. The summed E-state index contributed by atoms with van der Waals surface area (Å²) < 4.78 is 0. The Balaban J connectivity index is 1.33. The largest absolute Gasteiger partial charge is 0.0760 e. The topological polar surface area (TPSA) is 0 Å². The Labute approximate surface area is 240 Å². The van der Waals surface area contributed by atoms with Crippen molar-refractivity contribution in [3.8, 4) is 11.1 Å². The minimum Gasteiger partial charge on any atom is -0.0760 e. The molecule has 0 heteroatoms. The predicted octanol–water partition coefficient (Wildman–Crippen LogP) is 10.5. The van der Waals surface area contributed by atoms with Crippen LogP contribution >= 0.6 is 0 Å². The number of benzene rings is 6. The van der Waals surface area contributed by atoms with E-state index in [1.54, 1.807) is 0 Å². The second-order valence-electron chi connectivity index (χ2n) is 11.6.